The summed E-state index contributed by atoms with van der Waals surface area (Å²) in [6, 6.07) is 11.6. The van der Waals surface area contributed by atoms with E-state index in [2.05, 4.69) is 10.3 Å². The number of carbonyl (C=O) groups is 1. The number of anilines is 1. The van der Waals surface area contributed by atoms with Crippen LogP contribution in [0.4, 0.5) is 36.8 Å². The summed E-state index contributed by atoms with van der Waals surface area (Å²) < 4.78 is 87.1. The first-order valence-electron chi connectivity index (χ1n) is 12.9. The number of benzene rings is 3. The second-order valence-corrected chi connectivity index (χ2v) is 9.88. The summed E-state index contributed by atoms with van der Waals surface area (Å²) in [4.78, 5) is 33.2. The molecule has 228 valence electrons. The highest BCUT2D eigenvalue weighted by Gasteiger charge is 2.37. The molecule has 1 aromatic heterocycles. The van der Waals surface area contributed by atoms with Gasteiger partial charge < -0.3 is 15.0 Å². The van der Waals surface area contributed by atoms with Crippen LogP contribution in [0.3, 0.4) is 0 Å². The molecule has 1 unspecified atom stereocenters. The first-order chi connectivity index (χ1) is 20.2. The number of nitrogens with one attached hydrogen (secondary N) is 1. The Morgan fingerprint density at radius 3 is 2.16 bits per heavy atom. The van der Waals surface area contributed by atoms with Crippen molar-refractivity contribution in [2.45, 2.75) is 31.7 Å². The Balaban J connectivity index is 1.85. The normalized spacial score (nSPS) is 12.8. The van der Waals surface area contributed by atoms with Crippen LogP contribution in [0.5, 0.6) is 0 Å². The average molecular weight is 627 g/mol. The molecule has 14 heteroatoms. The van der Waals surface area contributed by atoms with Crippen LogP contribution in [0.15, 0.2) is 71.5 Å². The summed E-state index contributed by atoms with van der Waals surface area (Å²) in [5, 5.41) is 2.86. The van der Waals surface area contributed by atoms with Crippen molar-refractivity contribution in [2.24, 2.45) is 0 Å². The second-order valence-electron chi connectivity index (χ2n) is 9.44. The fourth-order valence-electron chi connectivity index (χ4n) is 4.57. The lowest BCUT2D eigenvalue weighted by atomic mass is 10.1. The second kappa shape index (κ2) is 12.6. The largest absolute Gasteiger partial charge is 0.416 e. The standard InChI is InChI=1S/C29H25ClF6N4O3/c1-3-24(25-38-23-7-5-4-6-22(23)26(41)40(25)21-10-8-19(30)9-11-21)39(12-13-43-2)27(42)37-20-15-17(28(31,32)33)14-18(16-20)29(34,35)36/h4-11,14-16,24H,3,12-13H2,1-2H3,(H,37,42). The topological polar surface area (TPSA) is 76.5 Å². The first kappa shape index (κ1) is 31.8. The van der Waals surface area contributed by atoms with E-state index in [1.165, 1.54) is 11.7 Å². The van der Waals surface area contributed by atoms with E-state index in [1.807, 2.05) is 0 Å². The summed E-state index contributed by atoms with van der Waals surface area (Å²) in [6.45, 7) is 1.51. The van der Waals surface area contributed by atoms with E-state index in [1.54, 1.807) is 55.5 Å². The van der Waals surface area contributed by atoms with E-state index in [4.69, 9.17) is 16.3 Å². The molecule has 0 spiro atoms. The molecule has 0 aliphatic heterocycles. The number of rotatable bonds is 8. The predicted molar refractivity (Wildman–Crippen MR) is 149 cm³/mol. The van der Waals surface area contributed by atoms with Crippen molar-refractivity contribution in [1.82, 2.24) is 14.5 Å². The van der Waals surface area contributed by atoms with Gasteiger partial charge in [-0.15, -0.1) is 0 Å². The third-order valence-electron chi connectivity index (χ3n) is 6.58. The van der Waals surface area contributed by atoms with Crippen LogP contribution in [0.25, 0.3) is 16.6 Å². The Hall–Kier alpha value is -4.10. The molecule has 1 N–H and O–H groups in total. The molecule has 7 nitrogen and oxygen atoms in total. The van der Waals surface area contributed by atoms with Crippen molar-refractivity contribution >= 4 is 34.2 Å². The third-order valence-corrected chi connectivity index (χ3v) is 6.84. The van der Waals surface area contributed by atoms with E-state index in [0.29, 0.717) is 28.4 Å². The van der Waals surface area contributed by atoms with Crippen molar-refractivity contribution in [3.05, 3.63) is 99.1 Å². The Morgan fingerprint density at radius 1 is 1.00 bits per heavy atom. The quantitative estimate of drug-likeness (QED) is 0.203. The summed E-state index contributed by atoms with van der Waals surface area (Å²) in [5.41, 5.74) is -3.64. The molecule has 0 bridgehead atoms. The van der Waals surface area contributed by atoms with E-state index in [-0.39, 0.29) is 36.8 Å². The average Bonchev–Trinajstić information content (AvgIpc) is 2.95. The number of nitrogens with zero attached hydrogens (tertiary/aromatic N) is 3. The zero-order chi connectivity index (χ0) is 31.5. The number of fused-ring (bicyclic) bond motifs is 1. The molecule has 0 aliphatic rings. The monoisotopic (exact) mass is 626 g/mol. The minimum atomic E-state index is -5.11. The van der Waals surface area contributed by atoms with Crippen LogP contribution in [-0.2, 0) is 17.1 Å². The molecule has 4 rings (SSSR count). The highest BCUT2D eigenvalue weighted by Crippen LogP contribution is 2.38. The number of hydrogen-bond donors (Lipinski definition) is 1. The minimum absolute atomic E-state index is 0.0307. The number of carbonyl (C=O) groups excluding carboxylic acids is 1. The van der Waals surface area contributed by atoms with Crippen LogP contribution in [-0.4, -0.2) is 40.7 Å². The van der Waals surface area contributed by atoms with Gasteiger partial charge in [0.05, 0.1) is 40.4 Å². The smallest absolute Gasteiger partial charge is 0.383 e. The van der Waals surface area contributed by atoms with Gasteiger partial charge in [-0.2, -0.15) is 26.3 Å². The summed E-state index contributed by atoms with van der Waals surface area (Å²) in [7, 11) is 1.36. The number of urea groups is 1. The van der Waals surface area contributed by atoms with Crippen LogP contribution < -0.4 is 10.9 Å². The summed E-state index contributed by atoms with van der Waals surface area (Å²) in [6.07, 6.45) is -10.1. The fourth-order valence-corrected chi connectivity index (χ4v) is 4.69. The van der Waals surface area contributed by atoms with Crippen LogP contribution in [0.2, 0.25) is 5.02 Å². The maximum Gasteiger partial charge on any atom is 0.416 e. The summed E-state index contributed by atoms with van der Waals surface area (Å²) in [5.74, 6) is 0.111. The molecule has 2 amide bonds. The van der Waals surface area contributed by atoms with Crippen LogP contribution >= 0.6 is 11.6 Å². The SMILES string of the molecule is CCC(c1nc2ccccc2c(=O)n1-c1ccc(Cl)cc1)N(CCOC)C(=O)Nc1cc(C(F)(F)F)cc(C(F)(F)F)c1. The molecule has 3 aromatic carbocycles. The zero-order valence-corrected chi connectivity index (χ0v) is 23.5. The highest BCUT2D eigenvalue weighted by atomic mass is 35.5. The Bertz CT molecular complexity index is 1640. The maximum absolute atomic E-state index is 13.7. The Morgan fingerprint density at radius 2 is 1.60 bits per heavy atom. The van der Waals surface area contributed by atoms with Gasteiger partial charge in [-0.25, -0.2) is 9.78 Å². The highest BCUT2D eigenvalue weighted by molar-refractivity contribution is 6.30. The van der Waals surface area contributed by atoms with Gasteiger partial charge >= 0.3 is 18.4 Å². The van der Waals surface area contributed by atoms with Gasteiger partial charge in [-0.1, -0.05) is 30.7 Å². The molecule has 1 atom stereocenters. The van der Waals surface area contributed by atoms with Crippen molar-refractivity contribution in [3.8, 4) is 5.69 Å². The van der Waals surface area contributed by atoms with Gasteiger partial charge in [0.1, 0.15) is 5.82 Å². The van der Waals surface area contributed by atoms with Gasteiger partial charge in [-0.3, -0.25) is 9.36 Å². The lowest BCUT2D eigenvalue weighted by Crippen LogP contribution is -2.42. The number of methoxy groups -OCH3 is 1. The minimum Gasteiger partial charge on any atom is -0.383 e. The number of ether oxygens (including phenoxy) is 1. The molecular weight excluding hydrogens is 602 g/mol. The first-order valence-corrected chi connectivity index (χ1v) is 13.3. The molecule has 0 fully saturated rings. The molecular formula is C29H25ClF6N4O3. The van der Waals surface area contributed by atoms with Crippen LogP contribution in [0.1, 0.15) is 36.3 Å². The van der Waals surface area contributed by atoms with Gasteiger partial charge in [0.2, 0.25) is 0 Å². The van der Waals surface area contributed by atoms with Gasteiger partial charge in [0, 0.05) is 24.4 Å². The predicted octanol–water partition coefficient (Wildman–Crippen LogP) is 7.71. The lowest BCUT2D eigenvalue weighted by Gasteiger charge is -2.32. The number of para-hydroxylation sites is 1. The zero-order valence-electron chi connectivity index (χ0n) is 22.8. The fraction of sp³-hybridized carbons (Fsp3) is 0.276. The Labute approximate surface area is 246 Å². The molecule has 0 aliphatic carbocycles. The number of alkyl halides is 6. The molecule has 0 saturated carbocycles. The maximum atomic E-state index is 13.7. The van der Waals surface area contributed by atoms with E-state index in [9.17, 15) is 35.9 Å². The number of hydrogen-bond acceptors (Lipinski definition) is 4. The van der Waals surface area contributed by atoms with Crippen molar-refractivity contribution in [2.75, 3.05) is 25.6 Å². The van der Waals surface area contributed by atoms with E-state index in [0.717, 1.165) is 4.90 Å². The number of amides is 2. The van der Waals surface area contributed by atoms with Gasteiger partial charge in [-0.05, 0) is 61.0 Å². The Kier molecular flexibility index (Phi) is 9.35. The molecule has 1 heterocycles. The van der Waals surface area contributed by atoms with Crippen molar-refractivity contribution in [3.63, 3.8) is 0 Å². The van der Waals surface area contributed by atoms with Crippen molar-refractivity contribution < 1.29 is 35.9 Å². The van der Waals surface area contributed by atoms with Gasteiger partial charge in [0.15, 0.2) is 0 Å². The summed E-state index contributed by atoms with van der Waals surface area (Å²) >= 11 is 6.05. The molecule has 0 saturated heterocycles. The van der Waals surface area contributed by atoms with Crippen molar-refractivity contribution in [1.29, 1.82) is 0 Å². The lowest BCUT2D eigenvalue weighted by molar-refractivity contribution is -0.143. The van der Waals surface area contributed by atoms with E-state index >= 15 is 0 Å². The molecule has 4 aromatic rings. The number of halogens is 7. The van der Waals surface area contributed by atoms with Crippen LogP contribution in [0, 0.1) is 0 Å². The molecule has 43 heavy (non-hydrogen) atoms. The number of aromatic nitrogens is 2. The third kappa shape index (κ3) is 7.11. The van der Waals surface area contributed by atoms with Gasteiger partial charge in [0.25, 0.3) is 5.56 Å². The molecule has 0 radical (unpaired) electrons. The van der Waals surface area contributed by atoms with E-state index < -0.39 is 46.8 Å².